The van der Waals surface area contributed by atoms with E-state index in [1.165, 1.54) is 12.8 Å². The largest absolute Gasteiger partial charge is 0.490 e. The van der Waals surface area contributed by atoms with Gasteiger partial charge in [0.05, 0.1) is 11.4 Å². The maximum atomic E-state index is 12.6. The molecule has 0 spiro atoms. The number of nitrogens with one attached hydrogen (secondary N) is 2. The molecule has 2 aliphatic rings. The Bertz CT molecular complexity index is 764. The van der Waals surface area contributed by atoms with Crippen molar-refractivity contribution in [2.75, 3.05) is 5.32 Å². The summed E-state index contributed by atoms with van der Waals surface area (Å²) >= 11 is 0. The quantitative estimate of drug-likeness (QED) is 0.718. The maximum Gasteiger partial charge on any atom is 0.227 e. The molecule has 0 unspecified atom stereocenters. The van der Waals surface area contributed by atoms with Gasteiger partial charge in [-0.2, -0.15) is 0 Å². The van der Waals surface area contributed by atoms with Crippen molar-refractivity contribution in [1.29, 1.82) is 0 Å². The second-order valence-corrected chi connectivity index (χ2v) is 10.6. The third kappa shape index (κ3) is 5.70. The van der Waals surface area contributed by atoms with E-state index in [9.17, 15) is 13.2 Å². The second kappa shape index (κ2) is 9.27. The number of rotatable bonds is 7. The summed E-state index contributed by atoms with van der Waals surface area (Å²) < 4.78 is 32.8. The van der Waals surface area contributed by atoms with Gasteiger partial charge in [-0.3, -0.25) is 4.79 Å². The van der Waals surface area contributed by atoms with Crippen LogP contribution in [0, 0.1) is 5.92 Å². The minimum atomic E-state index is -3.26. The van der Waals surface area contributed by atoms with Crippen LogP contribution in [0.3, 0.4) is 0 Å². The molecular weight excluding hydrogens is 376 g/mol. The van der Waals surface area contributed by atoms with Crippen LogP contribution in [-0.2, 0) is 14.8 Å². The Morgan fingerprint density at radius 2 is 1.75 bits per heavy atom. The molecule has 1 amide bonds. The van der Waals surface area contributed by atoms with E-state index in [1.54, 1.807) is 13.8 Å². The van der Waals surface area contributed by atoms with Gasteiger partial charge < -0.3 is 10.1 Å². The first-order chi connectivity index (χ1) is 13.3. The summed E-state index contributed by atoms with van der Waals surface area (Å²) in [7, 11) is -3.26. The fraction of sp³-hybridized carbons (Fsp3) is 0.667. The van der Waals surface area contributed by atoms with Crippen molar-refractivity contribution >= 4 is 21.6 Å². The summed E-state index contributed by atoms with van der Waals surface area (Å²) in [5.41, 5.74) is 0.753. The number of carbonyl (C=O) groups is 1. The number of ether oxygens (including phenoxy) is 1. The lowest BCUT2D eigenvalue weighted by Gasteiger charge is -2.28. The van der Waals surface area contributed by atoms with Crippen molar-refractivity contribution in [1.82, 2.24) is 4.72 Å². The number of carbonyl (C=O) groups excluding carboxylic acids is 1. The number of amides is 1. The van der Waals surface area contributed by atoms with Crippen LogP contribution in [-0.4, -0.2) is 31.7 Å². The van der Waals surface area contributed by atoms with Gasteiger partial charge in [0, 0.05) is 23.7 Å². The Kier molecular flexibility index (Phi) is 6.99. The van der Waals surface area contributed by atoms with Crippen LogP contribution in [0.4, 0.5) is 5.69 Å². The normalized spacial score (nSPS) is 23.7. The van der Waals surface area contributed by atoms with Crippen LogP contribution in [0.5, 0.6) is 5.75 Å². The molecule has 28 heavy (non-hydrogen) atoms. The lowest BCUT2D eigenvalue weighted by molar-refractivity contribution is -0.120. The van der Waals surface area contributed by atoms with Gasteiger partial charge in [-0.25, -0.2) is 13.1 Å². The molecule has 0 bridgehead atoms. The number of anilines is 1. The highest BCUT2D eigenvalue weighted by atomic mass is 32.2. The van der Waals surface area contributed by atoms with E-state index < -0.39 is 15.3 Å². The molecule has 156 valence electrons. The van der Waals surface area contributed by atoms with Gasteiger partial charge in [0.2, 0.25) is 15.9 Å². The van der Waals surface area contributed by atoms with Gasteiger partial charge in [0.15, 0.2) is 0 Å². The minimum Gasteiger partial charge on any atom is -0.490 e. The average Bonchev–Trinajstić information content (AvgIpc) is 3.15. The second-order valence-electron chi connectivity index (χ2n) is 8.30. The third-order valence-corrected chi connectivity index (χ3v) is 7.66. The highest BCUT2D eigenvalue weighted by Crippen LogP contribution is 2.28. The Balaban J connectivity index is 1.49. The summed E-state index contributed by atoms with van der Waals surface area (Å²) in [6.45, 7) is 3.35. The summed E-state index contributed by atoms with van der Waals surface area (Å²) in [6.07, 6.45) is 7.68. The van der Waals surface area contributed by atoms with Crippen LogP contribution in [0.2, 0.25) is 0 Å². The monoisotopic (exact) mass is 408 g/mol. The summed E-state index contributed by atoms with van der Waals surface area (Å²) in [5, 5.41) is 2.56. The zero-order valence-corrected chi connectivity index (χ0v) is 17.6. The predicted octanol–water partition coefficient (Wildman–Crippen LogP) is 3.83. The predicted molar refractivity (Wildman–Crippen MR) is 111 cm³/mol. The van der Waals surface area contributed by atoms with Crippen LogP contribution in [0.1, 0.15) is 65.2 Å². The fourth-order valence-corrected chi connectivity index (χ4v) is 4.90. The summed E-state index contributed by atoms with van der Waals surface area (Å²) in [5.74, 6) is 0.721. The molecule has 7 heteroatoms. The molecule has 0 radical (unpaired) electrons. The van der Waals surface area contributed by atoms with Crippen molar-refractivity contribution in [3.05, 3.63) is 24.3 Å². The fourth-order valence-electron chi connectivity index (χ4n) is 3.93. The maximum absolute atomic E-state index is 12.6. The smallest absolute Gasteiger partial charge is 0.227 e. The summed E-state index contributed by atoms with van der Waals surface area (Å²) in [6, 6.07) is 7.53. The molecule has 0 atom stereocenters. The molecule has 1 aromatic carbocycles. The number of sulfonamides is 1. The molecule has 0 saturated heterocycles. The lowest BCUT2D eigenvalue weighted by atomic mass is 9.86. The number of hydrogen-bond donors (Lipinski definition) is 2. The average molecular weight is 409 g/mol. The Morgan fingerprint density at radius 3 is 2.39 bits per heavy atom. The van der Waals surface area contributed by atoms with E-state index in [0.717, 1.165) is 24.3 Å². The van der Waals surface area contributed by atoms with Crippen LogP contribution in [0.15, 0.2) is 24.3 Å². The molecule has 3 rings (SSSR count). The molecule has 0 aliphatic heterocycles. The van der Waals surface area contributed by atoms with Gasteiger partial charge in [-0.15, -0.1) is 0 Å². The van der Waals surface area contributed by atoms with E-state index >= 15 is 0 Å². The topological polar surface area (TPSA) is 84.5 Å². The van der Waals surface area contributed by atoms with E-state index in [4.69, 9.17) is 4.74 Å². The highest BCUT2D eigenvalue weighted by molar-refractivity contribution is 7.90. The minimum absolute atomic E-state index is 0.00295. The van der Waals surface area contributed by atoms with Gasteiger partial charge in [-0.1, -0.05) is 6.07 Å². The van der Waals surface area contributed by atoms with Crippen LogP contribution >= 0.6 is 0 Å². The number of hydrogen-bond acceptors (Lipinski definition) is 4. The molecule has 2 aliphatic carbocycles. The Hall–Kier alpha value is -1.60. The Morgan fingerprint density at radius 1 is 1.07 bits per heavy atom. The van der Waals surface area contributed by atoms with Crippen molar-refractivity contribution in [2.24, 2.45) is 5.92 Å². The molecule has 2 fully saturated rings. The van der Waals surface area contributed by atoms with E-state index in [2.05, 4.69) is 10.0 Å². The van der Waals surface area contributed by atoms with E-state index in [-0.39, 0.29) is 24.0 Å². The molecular formula is C21H32N2O4S. The molecule has 1 aromatic rings. The van der Waals surface area contributed by atoms with Crippen molar-refractivity contribution in [2.45, 2.75) is 82.6 Å². The van der Waals surface area contributed by atoms with E-state index in [0.29, 0.717) is 25.7 Å². The molecule has 0 heterocycles. The lowest BCUT2D eigenvalue weighted by Crippen LogP contribution is -2.42. The van der Waals surface area contributed by atoms with E-state index in [1.807, 2.05) is 24.3 Å². The molecule has 0 aromatic heterocycles. The van der Waals surface area contributed by atoms with Gasteiger partial charge in [0.25, 0.3) is 0 Å². The zero-order chi connectivity index (χ0) is 20.1. The SMILES string of the molecule is CC(C)S(=O)(=O)N[C@H]1CC[C@H](C(=O)Nc2cccc(OC3CCCC3)c2)CC1. The first-order valence-corrected chi connectivity index (χ1v) is 12.0. The van der Waals surface area contributed by atoms with Gasteiger partial charge in [-0.05, 0) is 77.3 Å². The van der Waals surface area contributed by atoms with Gasteiger partial charge in [0.1, 0.15) is 5.75 Å². The Labute approximate surface area is 168 Å². The van der Waals surface area contributed by atoms with Crippen molar-refractivity contribution in [3.8, 4) is 5.75 Å². The number of benzene rings is 1. The standard InChI is InChI=1S/C21H32N2O4S/c1-15(2)28(25,26)23-17-12-10-16(11-13-17)21(24)22-18-6-5-9-20(14-18)27-19-7-3-4-8-19/h5-6,9,14-17,19,23H,3-4,7-8,10-13H2,1-2H3,(H,22,24)/t16-,17-. The molecule has 2 saturated carbocycles. The first-order valence-electron chi connectivity index (χ1n) is 10.4. The van der Waals surface area contributed by atoms with Crippen LogP contribution in [0.25, 0.3) is 0 Å². The molecule has 2 N–H and O–H groups in total. The zero-order valence-electron chi connectivity index (χ0n) is 16.8. The van der Waals surface area contributed by atoms with Gasteiger partial charge >= 0.3 is 0 Å². The third-order valence-electron chi connectivity index (χ3n) is 5.76. The van der Waals surface area contributed by atoms with Crippen molar-refractivity contribution < 1.29 is 17.9 Å². The molecule has 6 nitrogen and oxygen atoms in total. The van der Waals surface area contributed by atoms with Crippen LogP contribution < -0.4 is 14.8 Å². The summed E-state index contributed by atoms with van der Waals surface area (Å²) in [4.78, 5) is 12.6. The highest BCUT2D eigenvalue weighted by Gasteiger charge is 2.29. The first kappa shape index (κ1) is 21.1. The van der Waals surface area contributed by atoms with Crippen molar-refractivity contribution in [3.63, 3.8) is 0 Å².